The number of amides is 3. The summed E-state index contributed by atoms with van der Waals surface area (Å²) in [6.45, 7) is 1.98. The summed E-state index contributed by atoms with van der Waals surface area (Å²) in [5, 5.41) is 9.90. The Bertz CT molecular complexity index is 1380. The van der Waals surface area contributed by atoms with Crippen molar-refractivity contribution in [1.82, 2.24) is 9.78 Å². The summed E-state index contributed by atoms with van der Waals surface area (Å²) in [4.78, 5) is 36.5. The second kappa shape index (κ2) is 9.83. The molecule has 8 heteroatoms. The molecule has 1 heterocycles. The average molecular weight is 454 g/mol. The Labute approximate surface area is 196 Å². The number of rotatable bonds is 7. The topological polar surface area (TPSA) is 119 Å². The van der Waals surface area contributed by atoms with Crippen LogP contribution in [0, 0.1) is 6.92 Å². The maximum Gasteiger partial charge on any atom is 0.255 e. The maximum absolute atomic E-state index is 12.7. The summed E-state index contributed by atoms with van der Waals surface area (Å²) >= 11 is 0. The molecule has 4 rings (SSSR count). The van der Waals surface area contributed by atoms with E-state index < -0.39 is 5.91 Å². The number of nitrogens with two attached hydrogens (primary N) is 1. The fourth-order valence-corrected chi connectivity index (χ4v) is 3.48. The van der Waals surface area contributed by atoms with Gasteiger partial charge in [0.25, 0.3) is 5.91 Å². The van der Waals surface area contributed by atoms with E-state index in [4.69, 9.17) is 5.73 Å². The highest BCUT2D eigenvalue weighted by molar-refractivity contribution is 6.05. The number of hydrogen-bond donors (Lipinski definition) is 3. The highest BCUT2D eigenvalue weighted by Crippen LogP contribution is 2.16. The van der Waals surface area contributed by atoms with Gasteiger partial charge in [-0.25, -0.2) is 4.68 Å². The van der Waals surface area contributed by atoms with Crippen molar-refractivity contribution in [1.29, 1.82) is 0 Å². The van der Waals surface area contributed by atoms with E-state index in [0.717, 1.165) is 11.1 Å². The zero-order valence-electron chi connectivity index (χ0n) is 18.5. The van der Waals surface area contributed by atoms with Crippen molar-refractivity contribution in [3.8, 4) is 5.69 Å². The molecule has 0 saturated heterocycles. The van der Waals surface area contributed by atoms with Crippen LogP contribution in [0.4, 0.5) is 11.4 Å². The lowest BCUT2D eigenvalue weighted by Gasteiger charge is -2.08. The Hall–Kier alpha value is -4.72. The SMILES string of the molecule is Cc1cccc(CC(=O)Nc2cnn(-c3cccc(C(=O)Nc4cccc(C(N)=O)c4)c3)c2)c1. The smallest absolute Gasteiger partial charge is 0.255 e. The van der Waals surface area contributed by atoms with Gasteiger partial charge in [-0.2, -0.15) is 5.10 Å². The van der Waals surface area contributed by atoms with Gasteiger partial charge in [0.2, 0.25) is 11.8 Å². The molecular weight excluding hydrogens is 430 g/mol. The van der Waals surface area contributed by atoms with Crippen LogP contribution in [0.25, 0.3) is 5.69 Å². The van der Waals surface area contributed by atoms with Gasteiger partial charge in [0.05, 0.1) is 30.2 Å². The van der Waals surface area contributed by atoms with E-state index in [9.17, 15) is 14.4 Å². The number of aromatic nitrogens is 2. The number of nitrogens with one attached hydrogen (secondary N) is 2. The van der Waals surface area contributed by atoms with Gasteiger partial charge >= 0.3 is 0 Å². The molecule has 34 heavy (non-hydrogen) atoms. The number of primary amides is 1. The molecule has 0 atom stereocenters. The van der Waals surface area contributed by atoms with Gasteiger partial charge < -0.3 is 16.4 Å². The summed E-state index contributed by atoms with van der Waals surface area (Å²) in [7, 11) is 0. The molecule has 8 nitrogen and oxygen atoms in total. The molecule has 0 saturated carbocycles. The molecule has 170 valence electrons. The minimum atomic E-state index is -0.571. The zero-order valence-corrected chi connectivity index (χ0v) is 18.5. The molecule has 0 aliphatic carbocycles. The van der Waals surface area contributed by atoms with Gasteiger partial charge in [0.15, 0.2) is 0 Å². The highest BCUT2D eigenvalue weighted by Gasteiger charge is 2.11. The van der Waals surface area contributed by atoms with Crippen LogP contribution in [-0.2, 0) is 11.2 Å². The van der Waals surface area contributed by atoms with E-state index in [1.165, 1.54) is 6.07 Å². The van der Waals surface area contributed by atoms with E-state index >= 15 is 0 Å². The molecule has 0 fully saturated rings. The first-order chi connectivity index (χ1) is 16.4. The molecule has 4 aromatic rings. The third-order valence-corrected chi connectivity index (χ3v) is 5.09. The van der Waals surface area contributed by atoms with Crippen molar-refractivity contribution in [2.75, 3.05) is 10.6 Å². The van der Waals surface area contributed by atoms with Gasteiger partial charge in [-0.15, -0.1) is 0 Å². The van der Waals surface area contributed by atoms with Crippen LogP contribution in [0.1, 0.15) is 31.8 Å². The van der Waals surface area contributed by atoms with Gasteiger partial charge in [0.1, 0.15) is 0 Å². The molecule has 3 amide bonds. The Morgan fingerprint density at radius 1 is 0.882 bits per heavy atom. The predicted molar refractivity (Wildman–Crippen MR) is 130 cm³/mol. The quantitative estimate of drug-likeness (QED) is 0.395. The molecule has 0 unspecified atom stereocenters. The van der Waals surface area contributed by atoms with Crippen molar-refractivity contribution >= 4 is 29.1 Å². The Kier molecular flexibility index (Phi) is 6.49. The predicted octanol–water partition coefficient (Wildman–Crippen LogP) is 3.71. The fraction of sp³-hybridized carbons (Fsp3) is 0.0769. The number of carbonyl (C=O) groups is 3. The lowest BCUT2D eigenvalue weighted by atomic mass is 10.1. The monoisotopic (exact) mass is 453 g/mol. The van der Waals surface area contributed by atoms with E-state index in [1.807, 2.05) is 31.2 Å². The normalized spacial score (nSPS) is 10.5. The number of benzene rings is 3. The minimum absolute atomic E-state index is 0.142. The molecule has 4 N–H and O–H groups in total. The van der Waals surface area contributed by atoms with Crippen LogP contribution in [0.2, 0.25) is 0 Å². The zero-order chi connectivity index (χ0) is 24.1. The van der Waals surface area contributed by atoms with Crippen LogP contribution < -0.4 is 16.4 Å². The standard InChI is InChI=1S/C26H23N5O3/c1-17-5-2-6-18(11-17)12-24(32)29-22-15-28-31(16-22)23-10-4-8-20(14-23)26(34)30-21-9-3-7-19(13-21)25(27)33/h2-11,13-16H,12H2,1H3,(H2,27,33)(H,29,32)(H,30,34). The van der Waals surface area contributed by atoms with Gasteiger partial charge in [-0.1, -0.05) is 42.0 Å². The number of anilines is 2. The molecule has 1 aromatic heterocycles. The van der Waals surface area contributed by atoms with E-state index in [1.54, 1.807) is 59.5 Å². The van der Waals surface area contributed by atoms with E-state index in [2.05, 4.69) is 15.7 Å². The van der Waals surface area contributed by atoms with Crippen molar-refractivity contribution in [2.45, 2.75) is 13.3 Å². The van der Waals surface area contributed by atoms with Crippen LogP contribution in [0.15, 0.2) is 85.2 Å². The third-order valence-electron chi connectivity index (χ3n) is 5.09. The first-order valence-electron chi connectivity index (χ1n) is 10.6. The average Bonchev–Trinajstić information content (AvgIpc) is 3.27. The second-order valence-electron chi connectivity index (χ2n) is 7.84. The van der Waals surface area contributed by atoms with Gasteiger partial charge in [-0.3, -0.25) is 14.4 Å². The largest absolute Gasteiger partial charge is 0.366 e. The number of nitrogens with zero attached hydrogens (tertiary/aromatic N) is 2. The first kappa shape index (κ1) is 22.5. The molecule has 0 radical (unpaired) electrons. The molecule has 0 spiro atoms. The van der Waals surface area contributed by atoms with Crippen molar-refractivity contribution in [3.05, 3.63) is 107 Å². The van der Waals surface area contributed by atoms with Gasteiger partial charge in [0, 0.05) is 16.8 Å². The number of carbonyl (C=O) groups excluding carboxylic acids is 3. The van der Waals surface area contributed by atoms with Gasteiger partial charge in [-0.05, 0) is 48.9 Å². The summed E-state index contributed by atoms with van der Waals surface area (Å²) in [6.07, 6.45) is 3.50. The van der Waals surface area contributed by atoms with Crippen molar-refractivity contribution in [3.63, 3.8) is 0 Å². The summed E-state index contributed by atoms with van der Waals surface area (Å²) in [5.74, 6) is -1.06. The Morgan fingerprint density at radius 3 is 2.44 bits per heavy atom. The lowest BCUT2D eigenvalue weighted by Crippen LogP contribution is -2.14. The molecule has 0 bridgehead atoms. The van der Waals surface area contributed by atoms with E-state index in [-0.39, 0.29) is 18.2 Å². The highest BCUT2D eigenvalue weighted by atomic mass is 16.2. The van der Waals surface area contributed by atoms with E-state index in [0.29, 0.717) is 28.2 Å². The van der Waals surface area contributed by atoms with Crippen LogP contribution in [0.3, 0.4) is 0 Å². The van der Waals surface area contributed by atoms with Crippen molar-refractivity contribution < 1.29 is 14.4 Å². The summed E-state index contributed by atoms with van der Waals surface area (Å²) < 4.78 is 1.58. The summed E-state index contributed by atoms with van der Waals surface area (Å²) in [6, 6.07) is 21.1. The van der Waals surface area contributed by atoms with Crippen molar-refractivity contribution in [2.24, 2.45) is 5.73 Å². The lowest BCUT2D eigenvalue weighted by molar-refractivity contribution is -0.115. The number of hydrogen-bond acceptors (Lipinski definition) is 4. The van der Waals surface area contributed by atoms with Crippen LogP contribution in [0.5, 0.6) is 0 Å². The first-order valence-corrected chi connectivity index (χ1v) is 10.6. The minimum Gasteiger partial charge on any atom is -0.366 e. The Balaban J connectivity index is 1.43. The van der Waals surface area contributed by atoms with Crippen LogP contribution in [-0.4, -0.2) is 27.5 Å². The molecule has 0 aliphatic rings. The maximum atomic E-state index is 12.7. The second-order valence-corrected chi connectivity index (χ2v) is 7.84. The molecule has 0 aliphatic heterocycles. The van der Waals surface area contributed by atoms with Crippen LogP contribution >= 0.6 is 0 Å². The molecular formula is C26H23N5O3. The third kappa shape index (κ3) is 5.55. The summed E-state index contributed by atoms with van der Waals surface area (Å²) in [5.41, 5.74) is 9.71. The fourth-order valence-electron chi connectivity index (χ4n) is 3.48. The number of aryl methyl sites for hydroxylation is 1. The Morgan fingerprint density at radius 2 is 1.65 bits per heavy atom. The molecule has 3 aromatic carbocycles.